The second kappa shape index (κ2) is 5.96. The number of carbonyl (C=O) groups excluding carboxylic acids is 1. The van der Waals surface area contributed by atoms with Crippen molar-refractivity contribution >= 4 is 33.2 Å². The van der Waals surface area contributed by atoms with Crippen LogP contribution in [0.4, 0.5) is 0 Å². The van der Waals surface area contributed by atoms with Gasteiger partial charge in [-0.15, -0.1) is 11.3 Å². The summed E-state index contributed by atoms with van der Waals surface area (Å²) in [5.74, 6) is 0.645. The van der Waals surface area contributed by atoms with E-state index < -0.39 is 0 Å². The quantitative estimate of drug-likeness (QED) is 0.817. The van der Waals surface area contributed by atoms with E-state index in [0.29, 0.717) is 12.0 Å². The highest BCUT2D eigenvalue weighted by Gasteiger charge is 2.35. The topological polar surface area (TPSA) is 29.1 Å². The molecule has 1 saturated carbocycles. The summed E-state index contributed by atoms with van der Waals surface area (Å²) in [5.41, 5.74) is 0.255. The summed E-state index contributed by atoms with van der Waals surface area (Å²) in [5, 5.41) is 5.21. The molecule has 2 unspecified atom stereocenters. The Kier molecular flexibility index (Phi) is 4.72. The summed E-state index contributed by atoms with van der Waals surface area (Å²) < 4.78 is 0.901. The maximum atomic E-state index is 12.3. The maximum absolute atomic E-state index is 12.3. The van der Waals surface area contributed by atoms with E-state index in [0.717, 1.165) is 15.8 Å². The highest BCUT2D eigenvalue weighted by molar-refractivity contribution is 9.10. The van der Waals surface area contributed by atoms with E-state index >= 15 is 0 Å². The lowest BCUT2D eigenvalue weighted by molar-refractivity contribution is 0.0833. The molecule has 1 heterocycles. The highest BCUT2D eigenvalue weighted by Crippen LogP contribution is 2.38. The van der Waals surface area contributed by atoms with Gasteiger partial charge >= 0.3 is 0 Å². The molecule has 1 amide bonds. The lowest BCUT2D eigenvalue weighted by Crippen LogP contribution is -2.46. The minimum atomic E-state index is 0.0722. The lowest BCUT2D eigenvalue weighted by atomic mass is 9.69. The SMILES string of the molecule is CC(C)(C)C1CCCCC1NC(=O)c1sccc1Br. The zero-order chi connectivity index (χ0) is 14.0. The summed E-state index contributed by atoms with van der Waals surface area (Å²) in [7, 11) is 0. The third-order valence-electron chi connectivity index (χ3n) is 4.02. The van der Waals surface area contributed by atoms with Crippen LogP contribution < -0.4 is 5.32 Å². The summed E-state index contributed by atoms with van der Waals surface area (Å²) in [6, 6.07) is 2.25. The largest absolute Gasteiger partial charge is 0.348 e. The normalized spacial score (nSPS) is 24.2. The van der Waals surface area contributed by atoms with E-state index in [1.165, 1.54) is 30.6 Å². The van der Waals surface area contributed by atoms with E-state index in [1.54, 1.807) is 0 Å². The van der Waals surface area contributed by atoms with Crippen LogP contribution in [0.5, 0.6) is 0 Å². The first-order chi connectivity index (χ1) is 8.89. The first-order valence-electron chi connectivity index (χ1n) is 6.93. The van der Waals surface area contributed by atoms with Gasteiger partial charge in [-0.25, -0.2) is 0 Å². The van der Waals surface area contributed by atoms with Gasteiger partial charge in [0.25, 0.3) is 5.91 Å². The molecule has 2 rings (SSSR count). The molecular formula is C15H22BrNOS. The van der Waals surface area contributed by atoms with Gasteiger partial charge in [0, 0.05) is 10.5 Å². The van der Waals surface area contributed by atoms with Gasteiger partial charge < -0.3 is 5.32 Å². The number of thiophene rings is 1. The van der Waals surface area contributed by atoms with Gasteiger partial charge in [-0.05, 0) is 51.6 Å². The first-order valence-corrected chi connectivity index (χ1v) is 8.60. The minimum Gasteiger partial charge on any atom is -0.348 e. The van der Waals surface area contributed by atoms with Crippen molar-refractivity contribution in [1.29, 1.82) is 0 Å². The number of nitrogens with one attached hydrogen (secondary N) is 1. The molecule has 2 atom stereocenters. The Morgan fingerprint density at radius 3 is 2.63 bits per heavy atom. The van der Waals surface area contributed by atoms with Gasteiger partial charge in [0.2, 0.25) is 0 Å². The molecule has 1 aromatic heterocycles. The molecule has 1 fully saturated rings. The van der Waals surface area contributed by atoms with Gasteiger partial charge in [0.1, 0.15) is 4.88 Å². The number of hydrogen-bond acceptors (Lipinski definition) is 2. The number of halogens is 1. The Balaban J connectivity index is 2.08. The summed E-state index contributed by atoms with van der Waals surface area (Å²) in [4.78, 5) is 13.1. The van der Waals surface area contributed by atoms with Crippen LogP contribution in [0.1, 0.15) is 56.1 Å². The Morgan fingerprint density at radius 1 is 1.37 bits per heavy atom. The molecular weight excluding hydrogens is 322 g/mol. The van der Waals surface area contributed by atoms with Gasteiger partial charge in [0.05, 0.1) is 0 Å². The van der Waals surface area contributed by atoms with Crippen molar-refractivity contribution < 1.29 is 4.79 Å². The average molecular weight is 344 g/mol. The van der Waals surface area contributed by atoms with Gasteiger partial charge in [-0.2, -0.15) is 0 Å². The van der Waals surface area contributed by atoms with Crippen molar-refractivity contribution in [2.45, 2.75) is 52.5 Å². The van der Waals surface area contributed by atoms with Crippen LogP contribution in [0.25, 0.3) is 0 Å². The fraction of sp³-hybridized carbons (Fsp3) is 0.667. The molecule has 0 radical (unpaired) electrons. The Morgan fingerprint density at radius 2 is 2.05 bits per heavy atom. The fourth-order valence-electron chi connectivity index (χ4n) is 3.03. The molecule has 0 spiro atoms. The van der Waals surface area contributed by atoms with Crippen LogP contribution in [0.15, 0.2) is 15.9 Å². The van der Waals surface area contributed by atoms with E-state index in [-0.39, 0.29) is 11.3 Å². The average Bonchev–Trinajstić information content (AvgIpc) is 2.75. The fourth-order valence-corrected chi connectivity index (χ4v) is 4.48. The molecule has 2 nitrogen and oxygen atoms in total. The lowest BCUT2D eigenvalue weighted by Gasteiger charge is -2.40. The summed E-state index contributed by atoms with van der Waals surface area (Å²) >= 11 is 4.93. The van der Waals surface area contributed by atoms with Crippen LogP contribution in [-0.4, -0.2) is 11.9 Å². The molecule has 4 heteroatoms. The molecule has 1 aromatic rings. The van der Waals surface area contributed by atoms with Crippen LogP contribution in [0.2, 0.25) is 0 Å². The molecule has 1 aliphatic rings. The molecule has 1 N–H and O–H groups in total. The van der Waals surface area contributed by atoms with E-state index in [9.17, 15) is 4.79 Å². The third-order valence-corrected chi connectivity index (χ3v) is 5.85. The predicted octanol–water partition coefficient (Wildman–Crippen LogP) is 4.85. The summed E-state index contributed by atoms with van der Waals surface area (Å²) in [6.45, 7) is 6.84. The van der Waals surface area contributed by atoms with E-state index in [1.807, 2.05) is 11.4 Å². The molecule has 0 aromatic carbocycles. The Hall–Kier alpha value is -0.350. The number of carbonyl (C=O) groups is 1. The molecule has 0 aliphatic heterocycles. The molecule has 19 heavy (non-hydrogen) atoms. The van der Waals surface area contributed by atoms with E-state index in [4.69, 9.17) is 0 Å². The zero-order valence-electron chi connectivity index (χ0n) is 11.8. The van der Waals surface area contributed by atoms with Crippen LogP contribution >= 0.6 is 27.3 Å². The van der Waals surface area contributed by atoms with Gasteiger partial charge in [-0.3, -0.25) is 4.79 Å². The number of amides is 1. The smallest absolute Gasteiger partial charge is 0.262 e. The molecule has 1 aliphatic carbocycles. The maximum Gasteiger partial charge on any atom is 0.262 e. The van der Waals surface area contributed by atoms with Gasteiger partial charge in [-0.1, -0.05) is 33.6 Å². The van der Waals surface area contributed by atoms with Crippen molar-refractivity contribution in [3.63, 3.8) is 0 Å². The monoisotopic (exact) mass is 343 g/mol. The van der Waals surface area contributed by atoms with Crippen molar-refractivity contribution in [3.05, 3.63) is 20.8 Å². The minimum absolute atomic E-state index is 0.0722. The second-order valence-corrected chi connectivity index (χ2v) is 8.21. The first kappa shape index (κ1) is 15.0. The van der Waals surface area contributed by atoms with Crippen LogP contribution in [0.3, 0.4) is 0 Å². The number of rotatable bonds is 2. The van der Waals surface area contributed by atoms with Gasteiger partial charge in [0.15, 0.2) is 0 Å². The molecule has 0 bridgehead atoms. The van der Waals surface area contributed by atoms with Crippen molar-refractivity contribution in [2.24, 2.45) is 11.3 Å². The standard InChI is InChI=1S/C15H22BrNOS/c1-15(2,3)10-6-4-5-7-12(10)17-14(18)13-11(16)8-9-19-13/h8-10,12H,4-7H2,1-3H3,(H,17,18). The van der Waals surface area contributed by atoms with Crippen LogP contribution in [0, 0.1) is 11.3 Å². The van der Waals surface area contributed by atoms with Crippen molar-refractivity contribution in [2.75, 3.05) is 0 Å². The van der Waals surface area contributed by atoms with Crippen molar-refractivity contribution in [1.82, 2.24) is 5.32 Å². The second-order valence-electron chi connectivity index (χ2n) is 6.43. The van der Waals surface area contributed by atoms with Crippen molar-refractivity contribution in [3.8, 4) is 0 Å². The Labute approximate surface area is 128 Å². The molecule has 0 saturated heterocycles. The highest BCUT2D eigenvalue weighted by atomic mass is 79.9. The summed E-state index contributed by atoms with van der Waals surface area (Å²) in [6.07, 6.45) is 4.84. The zero-order valence-corrected chi connectivity index (χ0v) is 14.2. The molecule has 106 valence electrons. The third kappa shape index (κ3) is 3.60. The van der Waals surface area contributed by atoms with Crippen LogP contribution in [-0.2, 0) is 0 Å². The van der Waals surface area contributed by atoms with E-state index in [2.05, 4.69) is 42.0 Å². The Bertz CT molecular complexity index is 449. The number of hydrogen-bond donors (Lipinski definition) is 1. The predicted molar refractivity (Wildman–Crippen MR) is 84.7 cm³/mol.